The van der Waals surface area contributed by atoms with Gasteiger partial charge in [-0.05, 0) is 36.6 Å². The van der Waals surface area contributed by atoms with E-state index in [4.69, 9.17) is 0 Å². The molecule has 0 atom stereocenters. The number of hydrogen-bond donors (Lipinski definition) is 0. The van der Waals surface area contributed by atoms with Crippen molar-refractivity contribution in [3.05, 3.63) is 81.7 Å². The van der Waals surface area contributed by atoms with Gasteiger partial charge in [0.25, 0.3) is 11.6 Å². The van der Waals surface area contributed by atoms with Crippen molar-refractivity contribution in [2.45, 2.75) is 12.8 Å². The van der Waals surface area contributed by atoms with Crippen LogP contribution in [0.2, 0.25) is 0 Å². The number of nitro benzene ring substituents is 1. The molecule has 0 saturated carbocycles. The number of non-ortho nitro benzene ring substituents is 1. The van der Waals surface area contributed by atoms with E-state index in [1.807, 2.05) is 0 Å². The van der Waals surface area contributed by atoms with Crippen molar-refractivity contribution < 1.29 is 18.5 Å². The number of carbonyl (C=O) groups excluding carboxylic acids is 1. The SMILES string of the molecule is O=C(c1cnn(-c2ccc([N+](=O)[O-])cc2)c1)N1CCCc2cc(F)cc(F)c21. The second kappa shape index (κ2) is 6.84. The van der Waals surface area contributed by atoms with Gasteiger partial charge in [0, 0.05) is 30.9 Å². The molecule has 1 amide bonds. The summed E-state index contributed by atoms with van der Waals surface area (Å²) in [5.74, 6) is -1.89. The van der Waals surface area contributed by atoms with E-state index in [0.717, 1.165) is 6.07 Å². The fraction of sp³-hybridized carbons (Fsp3) is 0.158. The molecule has 0 fully saturated rings. The molecule has 0 bridgehead atoms. The van der Waals surface area contributed by atoms with Crippen LogP contribution in [-0.4, -0.2) is 27.2 Å². The standard InChI is InChI=1S/C19H14F2N4O3/c20-14-8-12-2-1-7-23(18(12)17(21)9-14)19(26)13-10-22-24(11-13)15-3-5-16(6-4-15)25(27)28/h3-6,8-11H,1-2,7H2. The summed E-state index contributed by atoms with van der Waals surface area (Å²) in [6, 6.07) is 7.71. The van der Waals surface area contributed by atoms with Gasteiger partial charge in [0.05, 0.1) is 28.1 Å². The molecule has 28 heavy (non-hydrogen) atoms. The van der Waals surface area contributed by atoms with Crippen LogP contribution < -0.4 is 4.90 Å². The van der Waals surface area contributed by atoms with Crippen LogP contribution in [0.25, 0.3) is 5.69 Å². The summed E-state index contributed by atoms with van der Waals surface area (Å²) < 4.78 is 29.2. The lowest BCUT2D eigenvalue weighted by molar-refractivity contribution is -0.384. The summed E-state index contributed by atoms with van der Waals surface area (Å²) >= 11 is 0. The first-order valence-electron chi connectivity index (χ1n) is 8.53. The van der Waals surface area contributed by atoms with E-state index in [0.29, 0.717) is 30.6 Å². The van der Waals surface area contributed by atoms with Crippen LogP contribution in [0.1, 0.15) is 22.3 Å². The smallest absolute Gasteiger partial charge is 0.269 e. The zero-order valence-corrected chi connectivity index (χ0v) is 14.5. The molecule has 2 heterocycles. The lowest BCUT2D eigenvalue weighted by Crippen LogP contribution is -2.36. The molecule has 4 rings (SSSR count). The maximum atomic E-state index is 14.3. The second-order valence-electron chi connectivity index (χ2n) is 6.40. The molecule has 142 valence electrons. The first kappa shape index (κ1) is 17.8. The number of aryl methyl sites for hydroxylation is 1. The van der Waals surface area contributed by atoms with Gasteiger partial charge in [-0.3, -0.25) is 14.9 Å². The Morgan fingerprint density at radius 2 is 1.93 bits per heavy atom. The van der Waals surface area contributed by atoms with Gasteiger partial charge < -0.3 is 4.90 Å². The fourth-order valence-corrected chi connectivity index (χ4v) is 3.31. The van der Waals surface area contributed by atoms with Gasteiger partial charge in [-0.25, -0.2) is 13.5 Å². The highest BCUT2D eigenvalue weighted by atomic mass is 19.1. The molecule has 1 aliphatic heterocycles. The number of carbonyl (C=O) groups is 1. The molecule has 0 radical (unpaired) electrons. The van der Waals surface area contributed by atoms with Crippen molar-refractivity contribution in [2.24, 2.45) is 0 Å². The maximum absolute atomic E-state index is 14.3. The number of hydrogen-bond acceptors (Lipinski definition) is 4. The van der Waals surface area contributed by atoms with E-state index in [9.17, 15) is 23.7 Å². The highest BCUT2D eigenvalue weighted by Crippen LogP contribution is 2.32. The van der Waals surface area contributed by atoms with Crippen molar-refractivity contribution in [3.63, 3.8) is 0 Å². The van der Waals surface area contributed by atoms with Crippen molar-refractivity contribution in [1.82, 2.24) is 9.78 Å². The predicted octanol–water partition coefficient (Wildman–Crippen LogP) is 3.65. The number of nitro groups is 1. The summed E-state index contributed by atoms with van der Waals surface area (Å²) in [6.07, 6.45) is 3.91. The Labute approximate surface area is 158 Å². The van der Waals surface area contributed by atoms with Crippen molar-refractivity contribution in [1.29, 1.82) is 0 Å². The van der Waals surface area contributed by atoms with E-state index in [2.05, 4.69) is 5.10 Å². The first-order valence-corrected chi connectivity index (χ1v) is 8.53. The molecule has 1 aliphatic rings. The normalized spacial score (nSPS) is 13.3. The molecule has 3 aromatic rings. The summed E-state index contributed by atoms with van der Waals surface area (Å²) in [6.45, 7) is 0.317. The Morgan fingerprint density at radius 1 is 1.18 bits per heavy atom. The van der Waals surface area contributed by atoms with Crippen LogP contribution in [0.3, 0.4) is 0 Å². The number of nitrogens with zero attached hydrogens (tertiary/aromatic N) is 4. The molecule has 0 aliphatic carbocycles. The maximum Gasteiger partial charge on any atom is 0.269 e. The molecule has 1 aromatic heterocycles. The molecule has 0 N–H and O–H groups in total. The van der Waals surface area contributed by atoms with E-state index in [1.54, 1.807) is 0 Å². The van der Waals surface area contributed by atoms with E-state index in [1.165, 1.54) is 52.3 Å². The molecule has 0 unspecified atom stereocenters. The number of fused-ring (bicyclic) bond motifs is 1. The summed E-state index contributed by atoms with van der Waals surface area (Å²) in [4.78, 5) is 24.4. The van der Waals surface area contributed by atoms with Crippen molar-refractivity contribution in [3.8, 4) is 5.69 Å². The molecule has 0 saturated heterocycles. The van der Waals surface area contributed by atoms with Crippen LogP contribution in [0, 0.1) is 21.7 Å². The highest BCUT2D eigenvalue weighted by Gasteiger charge is 2.28. The Kier molecular flexibility index (Phi) is 4.34. The summed E-state index contributed by atoms with van der Waals surface area (Å²) in [5, 5.41) is 14.9. The zero-order chi connectivity index (χ0) is 19.8. The molecule has 0 spiro atoms. The molecule has 2 aromatic carbocycles. The topological polar surface area (TPSA) is 81.3 Å². The van der Waals surface area contributed by atoms with Crippen LogP contribution >= 0.6 is 0 Å². The van der Waals surface area contributed by atoms with Crippen LogP contribution in [-0.2, 0) is 6.42 Å². The van der Waals surface area contributed by atoms with E-state index in [-0.39, 0.29) is 16.9 Å². The number of halogens is 2. The molecule has 9 heteroatoms. The van der Waals surface area contributed by atoms with Crippen LogP contribution in [0.4, 0.5) is 20.2 Å². The average Bonchev–Trinajstić information content (AvgIpc) is 3.17. The summed E-state index contributed by atoms with van der Waals surface area (Å²) in [7, 11) is 0. The Hall–Kier alpha value is -3.62. The fourth-order valence-electron chi connectivity index (χ4n) is 3.31. The number of rotatable bonds is 3. The third-order valence-corrected chi connectivity index (χ3v) is 4.60. The van der Waals surface area contributed by atoms with Gasteiger partial charge in [0.2, 0.25) is 0 Å². The number of anilines is 1. The van der Waals surface area contributed by atoms with E-state index >= 15 is 0 Å². The minimum Gasteiger partial charge on any atom is -0.305 e. The highest BCUT2D eigenvalue weighted by molar-refractivity contribution is 6.06. The number of amides is 1. The van der Waals surface area contributed by atoms with Crippen LogP contribution in [0.5, 0.6) is 0 Å². The average molecular weight is 384 g/mol. The molecular formula is C19H14F2N4O3. The quantitative estimate of drug-likeness (QED) is 0.510. The molecule has 7 nitrogen and oxygen atoms in total. The Morgan fingerprint density at radius 3 is 2.64 bits per heavy atom. The van der Waals surface area contributed by atoms with Gasteiger partial charge in [0.1, 0.15) is 11.6 Å². The lowest BCUT2D eigenvalue weighted by atomic mass is 10.0. The summed E-state index contributed by atoms with van der Waals surface area (Å²) in [5.41, 5.74) is 1.27. The second-order valence-corrected chi connectivity index (χ2v) is 6.40. The van der Waals surface area contributed by atoms with Gasteiger partial charge in [-0.2, -0.15) is 5.10 Å². The van der Waals surface area contributed by atoms with Crippen molar-refractivity contribution in [2.75, 3.05) is 11.4 Å². The predicted molar refractivity (Wildman–Crippen MR) is 96.6 cm³/mol. The zero-order valence-electron chi connectivity index (χ0n) is 14.5. The molecular weight excluding hydrogens is 370 g/mol. The van der Waals surface area contributed by atoms with Crippen molar-refractivity contribution >= 4 is 17.3 Å². The number of benzene rings is 2. The monoisotopic (exact) mass is 384 g/mol. The van der Waals surface area contributed by atoms with E-state index < -0.39 is 22.5 Å². The van der Waals surface area contributed by atoms with Gasteiger partial charge in [0.15, 0.2) is 0 Å². The largest absolute Gasteiger partial charge is 0.305 e. The minimum absolute atomic E-state index is 0.0557. The first-order chi connectivity index (χ1) is 13.4. The van der Waals surface area contributed by atoms with Gasteiger partial charge >= 0.3 is 0 Å². The Bertz CT molecular complexity index is 1080. The minimum atomic E-state index is -0.772. The van der Waals surface area contributed by atoms with Gasteiger partial charge in [-0.15, -0.1) is 0 Å². The lowest BCUT2D eigenvalue weighted by Gasteiger charge is -2.29. The Balaban J connectivity index is 1.63. The third-order valence-electron chi connectivity index (χ3n) is 4.60. The third kappa shape index (κ3) is 3.11. The number of aromatic nitrogens is 2. The van der Waals surface area contributed by atoms with Crippen LogP contribution in [0.15, 0.2) is 48.8 Å². The van der Waals surface area contributed by atoms with Gasteiger partial charge in [-0.1, -0.05) is 0 Å².